The number of amides is 6. The third-order valence-electron chi connectivity index (χ3n) is 10.7. The van der Waals surface area contributed by atoms with E-state index in [0.29, 0.717) is 31.5 Å². The van der Waals surface area contributed by atoms with E-state index in [0.717, 1.165) is 32.9 Å². The maximum Gasteiger partial charge on any atom is 0.245 e. The van der Waals surface area contributed by atoms with Crippen LogP contribution < -0.4 is 38.5 Å². The van der Waals surface area contributed by atoms with Crippen LogP contribution in [0, 0.1) is 0 Å². The lowest BCUT2D eigenvalue weighted by Gasteiger charge is -2.26. The number of nitrogens with zero attached hydrogens (tertiary/aromatic N) is 2. The second kappa shape index (κ2) is 19.3. The van der Waals surface area contributed by atoms with Crippen molar-refractivity contribution < 1.29 is 28.8 Å². The van der Waals surface area contributed by atoms with Gasteiger partial charge < -0.3 is 58.3 Å². The van der Waals surface area contributed by atoms with E-state index in [2.05, 4.69) is 41.2 Å². The van der Waals surface area contributed by atoms with Gasteiger partial charge in [-0.1, -0.05) is 36.4 Å². The van der Waals surface area contributed by atoms with Crippen molar-refractivity contribution in [3.63, 3.8) is 0 Å². The second-order valence-corrected chi connectivity index (χ2v) is 14.9. The molecule has 3 aromatic heterocycles. The number of carbonyl (C=O) groups excluding carboxylic acids is 6. The lowest BCUT2D eigenvalue weighted by atomic mass is 10.0. The van der Waals surface area contributed by atoms with Crippen LogP contribution in [0.5, 0.6) is 0 Å². The summed E-state index contributed by atoms with van der Waals surface area (Å²) in [5.74, 6) is -3.63. The Bertz CT molecular complexity index is 2270. The minimum Gasteiger partial charge on any atom is -0.368 e. The van der Waals surface area contributed by atoms with E-state index in [1.807, 2.05) is 48.5 Å². The van der Waals surface area contributed by atoms with Gasteiger partial charge in [-0.25, -0.2) is 4.98 Å². The van der Waals surface area contributed by atoms with Gasteiger partial charge in [0.25, 0.3) is 0 Å². The number of unbranched alkanes of at least 4 members (excludes halogenated alkanes) is 1. The standard InChI is InChI=1S/C41H52N12O6/c1-23(49-39(57)33(16-24-19-46-30-10-4-2-8-27(24)30)52-38(56)29(43)18-26-21-45-22-48-26)37(55)51-34(17-25-20-47-31-11-5-3-9-28(25)31)40(58)50-32-13-15-53(41(32)59)35(36(44)54)12-6-7-14-42/h2-5,8-11,19-23,29,32-35,46-47H,6-7,12-18,42-43H2,1H3,(H2,44,54)(H,45,48)(H,49,57)(H,50,58)(H,51,55)(H,52,56)/t23-,29-,32+,33+,34-,35-/m0/s1. The molecule has 6 amide bonds. The smallest absolute Gasteiger partial charge is 0.245 e. The van der Waals surface area contributed by atoms with E-state index in [4.69, 9.17) is 17.2 Å². The molecule has 6 atom stereocenters. The van der Waals surface area contributed by atoms with Crippen molar-refractivity contribution in [2.24, 2.45) is 17.2 Å². The van der Waals surface area contributed by atoms with Crippen molar-refractivity contribution in [3.8, 4) is 0 Å². The number of para-hydroxylation sites is 2. The Morgan fingerprint density at radius 2 is 1.42 bits per heavy atom. The highest BCUT2D eigenvalue weighted by Crippen LogP contribution is 2.22. The van der Waals surface area contributed by atoms with Crippen LogP contribution in [0.25, 0.3) is 21.8 Å². The molecular weight excluding hydrogens is 757 g/mol. The monoisotopic (exact) mass is 808 g/mol. The number of fused-ring (bicyclic) bond motifs is 2. The van der Waals surface area contributed by atoms with Crippen molar-refractivity contribution in [1.82, 2.24) is 46.1 Å². The summed E-state index contributed by atoms with van der Waals surface area (Å²) in [5, 5.41) is 12.7. The number of rotatable bonds is 20. The zero-order chi connectivity index (χ0) is 42.1. The number of H-pyrrole nitrogens is 3. The largest absolute Gasteiger partial charge is 0.368 e. The van der Waals surface area contributed by atoms with Gasteiger partial charge in [-0.3, -0.25) is 28.8 Å². The number of primary amides is 1. The maximum atomic E-state index is 14.0. The van der Waals surface area contributed by atoms with Crippen LogP contribution in [0.3, 0.4) is 0 Å². The molecule has 2 aromatic carbocycles. The van der Waals surface area contributed by atoms with Gasteiger partial charge in [-0.15, -0.1) is 0 Å². The third kappa shape index (κ3) is 10.3. The van der Waals surface area contributed by atoms with E-state index in [9.17, 15) is 28.8 Å². The highest BCUT2D eigenvalue weighted by atomic mass is 16.2. The molecule has 4 heterocycles. The van der Waals surface area contributed by atoms with Crippen LogP contribution >= 0.6 is 0 Å². The number of nitrogens with two attached hydrogens (primary N) is 3. The summed E-state index contributed by atoms with van der Waals surface area (Å²) in [6, 6.07) is 8.73. The molecule has 0 spiro atoms. The first-order valence-corrected chi connectivity index (χ1v) is 19.8. The normalized spacial score (nSPS) is 16.6. The molecule has 312 valence electrons. The van der Waals surface area contributed by atoms with E-state index >= 15 is 0 Å². The maximum absolute atomic E-state index is 14.0. The van der Waals surface area contributed by atoms with E-state index in [-0.39, 0.29) is 32.2 Å². The molecule has 1 fully saturated rings. The molecule has 0 aliphatic carbocycles. The van der Waals surface area contributed by atoms with Crippen LogP contribution in [-0.2, 0) is 48.0 Å². The number of aromatic amines is 3. The summed E-state index contributed by atoms with van der Waals surface area (Å²) < 4.78 is 0. The Morgan fingerprint density at radius 1 is 0.814 bits per heavy atom. The molecule has 59 heavy (non-hydrogen) atoms. The van der Waals surface area contributed by atoms with Gasteiger partial charge >= 0.3 is 0 Å². The summed E-state index contributed by atoms with van der Waals surface area (Å²) in [5.41, 5.74) is 21.2. The predicted octanol–water partition coefficient (Wildman–Crippen LogP) is -0.0982. The average Bonchev–Trinajstić information content (AvgIpc) is 4.04. The van der Waals surface area contributed by atoms with Gasteiger partial charge in [-0.2, -0.15) is 0 Å². The molecule has 0 saturated carbocycles. The average molecular weight is 809 g/mol. The number of carbonyl (C=O) groups is 6. The number of nitrogens with one attached hydrogen (secondary N) is 7. The lowest BCUT2D eigenvalue weighted by Crippen LogP contribution is -2.58. The fourth-order valence-electron chi connectivity index (χ4n) is 7.49. The van der Waals surface area contributed by atoms with Crippen molar-refractivity contribution in [2.75, 3.05) is 13.1 Å². The number of benzene rings is 2. The fraction of sp³-hybridized carbons (Fsp3) is 0.390. The Hall–Kier alpha value is -6.53. The van der Waals surface area contributed by atoms with Crippen LogP contribution in [0.4, 0.5) is 0 Å². The van der Waals surface area contributed by atoms with Crippen LogP contribution in [-0.4, -0.2) is 110 Å². The van der Waals surface area contributed by atoms with Gasteiger partial charge in [0, 0.05) is 66.2 Å². The predicted molar refractivity (Wildman–Crippen MR) is 220 cm³/mol. The SMILES string of the molecule is C[C@H](NC(=O)[C@@H](Cc1c[nH]c2ccccc12)NC(=O)[C@@H](N)Cc1c[nH]cn1)C(=O)N[C@@H](Cc1c[nH]c2ccccc12)C(=O)N[C@@H]1CCN([C@@H](CCCCN)C(N)=O)C1=O. The highest BCUT2D eigenvalue weighted by molar-refractivity contribution is 5.98. The number of aromatic nitrogens is 4. The number of imidazole rings is 1. The van der Waals surface area contributed by atoms with Crippen LogP contribution in [0.2, 0.25) is 0 Å². The zero-order valence-corrected chi connectivity index (χ0v) is 32.8. The fourth-order valence-corrected chi connectivity index (χ4v) is 7.49. The summed E-state index contributed by atoms with van der Waals surface area (Å²) in [7, 11) is 0. The summed E-state index contributed by atoms with van der Waals surface area (Å²) in [6.07, 6.45) is 8.72. The minimum absolute atomic E-state index is 0.0447. The van der Waals surface area contributed by atoms with Gasteiger partial charge in [0.05, 0.1) is 18.1 Å². The van der Waals surface area contributed by atoms with E-state index in [1.165, 1.54) is 18.2 Å². The summed E-state index contributed by atoms with van der Waals surface area (Å²) in [6.45, 7) is 2.12. The molecule has 5 aromatic rings. The number of hydrogen-bond donors (Lipinski definition) is 10. The molecule has 1 aliphatic rings. The summed E-state index contributed by atoms with van der Waals surface area (Å²) >= 11 is 0. The Kier molecular flexibility index (Phi) is 13.8. The molecular formula is C41H52N12O6. The molecule has 1 aliphatic heterocycles. The molecule has 18 nitrogen and oxygen atoms in total. The van der Waals surface area contributed by atoms with Crippen LogP contribution in [0.1, 0.15) is 49.4 Å². The quantitative estimate of drug-likeness (QED) is 0.0469. The topological polar surface area (TPSA) is 292 Å². The second-order valence-electron chi connectivity index (χ2n) is 14.9. The molecule has 0 radical (unpaired) electrons. The van der Waals surface area contributed by atoms with Crippen LogP contribution in [0.15, 0.2) is 73.4 Å². The third-order valence-corrected chi connectivity index (χ3v) is 10.7. The molecule has 13 N–H and O–H groups in total. The number of hydrogen-bond acceptors (Lipinski definition) is 9. The van der Waals surface area contributed by atoms with Gasteiger partial charge in [0.2, 0.25) is 35.4 Å². The van der Waals surface area contributed by atoms with Crippen molar-refractivity contribution in [1.29, 1.82) is 0 Å². The highest BCUT2D eigenvalue weighted by Gasteiger charge is 2.40. The van der Waals surface area contributed by atoms with Gasteiger partial charge in [0.1, 0.15) is 30.2 Å². The lowest BCUT2D eigenvalue weighted by molar-refractivity contribution is -0.139. The molecule has 18 heteroatoms. The van der Waals surface area contributed by atoms with Crippen molar-refractivity contribution in [2.45, 2.75) is 88.1 Å². The molecule has 6 rings (SSSR count). The first kappa shape index (κ1) is 42.1. The summed E-state index contributed by atoms with van der Waals surface area (Å²) in [4.78, 5) is 95.8. The van der Waals surface area contributed by atoms with E-state index in [1.54, 1.807) is 18.6 Å². The van der Waals surface area contributed by atoms with E-state index < -0.39 is 71.7 Å². The molecule has 1 saturated heterocycles. The Labute approximate surface area is 340 Å². The molecule has 0 bridgehead atoms. The number of likely N-dealkylation sites (tertiary alicyclic amines) is 1. The Balaban J connectivity index is 1.17. The van der Waals surface area contributed by atoms with Gasteiger partial charge in [-0.05, 0) is 62.4 Å². The molecule has 0 unspecified atom stereocenters. The Morgan fingerprint density at radius 3 is 2.02 bits per heavy atom. The van der Waals surface area contributed by atoms with Crippen molar-refractivity contribution >= 4 is 57.2 Å². The first-order valence-electron chi connectivity index (χ1n) is 19.8. The van der Waals surface area contributed by atoms with Crippen molar-refractivity contribution in [3.05, 3.63) is 90.3 Å². The zero-order valence-electron chi connectivity index (χ0n) is 32.8. The van der Waals surface area contributed by atoms with Gasteiger partial charge in [0.15, 0.2) is 0 Å². The minimum atomic E-state index is -1.18. The first-order chi connectivity index (χ1) is 28.4.